The Morgan fingerprint density at radius 1 is 1.19 bits per heavy atom. The molecule has 0 saturated carbocycles. The molecule has 0 atom stereocenters. The first kappa shape index (κ1) is 17.5. The fourth-order valence-electron chi connectivity index (χ4n) is 2.63. The molecular formula is C19H17BN2O4. The lowest BCUT2D eigenvalue weighted by Gasteiger charge is -2.14. The van der Waals surface area contributed by atoms with Crippen molar-refractivity contribution in [3.8, 4) is 0 Å². The Kier molecular flexibility index (Phi) is 4.88. The third kappa shape index (κ3) is 3.51. The standard InChI is InChI=1S/C19H17BN2O4/c1-2-26-19(25)13-6-8-15(9-7-13)22-18(24)16(17(23)21-22)11-12-4-3-5-14(20)10-12/h3-11H,2,20H2,1H3,(H,21,23)/b16-11-. The molecule has 1 fully saturated rings. The van der Waals surface area contributed by atoms with Crippen LogP contribution in [0, 0.1) is 0 Å². The van der Waals surface area contributed by atoms with Crippen LogP contribution >= 0.6 is 0 Å². The van der Waals surface area contributed by atoms with Crippen molar-refractivity contribution < 1.29 is 19.1 Å². The number of anilines is 1. The van der Waals surface area contributed by atoms with Gasteiger partial charge in [-0.2, -0.15) is 0 Å². The molecule has 2 aromatic rings. The van der Waals surface area contributed by atoms with E-state index < -0.39 is 17.8 Å². The molecule has 0 radical (unpaired) electrons. The van der Waals surface area contributed by atoms with Crippen LogP contribution in [-0.4, -0.2) is 32.2 Å². The zero-order valence-corrected chi connectivity index (χ0v) is 14.5. The number of nitrogens with one attached hydrogen (secondary N) is 1. The van der Waals surface area contributed by atoms with Crippen molar-refractivity contribution in [3.05, 3.63) is 65.2 Å². The highest BCUT2D eigenvalue weighted by molar-refractivity contribution is 6.33. The first-order chi connectivity index (χ1) is 12.5. The first-order valence-corrected chi connectivity index (χ1v) is 8.20. The Morgan fingerprint density at radius 2 is 1.92 bits per heavy atom. The predicted octanol–water partition coefficient (Wildman–Crippen LogP) is 0.583. The van der Waals surface area contributed by atoms with Crippen molar-refractivity contribution in [2.75, 3.05) is 11.6 Å². The summed E-state index contributed by atoms with van der Waals surface area (Å²) in [6.45, 7) is 2.02. The number of hydrazine groups is 1. The summed E-state index contributed by atoms with van der Waals surface area (Å²) in [6.07, 6.45) is 1.57. The predicted molar refractivity (Wildman–Crippen MR) is 101 cm³/mol. The molecule has 1 N–H and O–H groups in total. The maximum absolute atomic E-state index is 12.6. The number of amides is 2. The maximum Gasteiger partial charge on any atom is 0.338 e. The molecule has 3 rings (SSSR count). The molecule has 1 saturated heterocycles. The van der Waals surface area contributed by atoms with Crippen molar-refractivity contribution in [1.29, 1.82) is 0 Å². The van der Waals surface area contributed by atoms with Crippen LogP contribution in [0.25, 0.3) is 6.08 Å². The average Bonchev–Trinajstić information content (AvgIpc) is 2.90. The van der Waals surface area contributed by atoms with Crippen LogP contribution < -0.4 is 15.9 Å². The Morgan fingerprint density at radius 3 is 2.58 bits per heavy atom. The monoisotopic (exact) mass is 348 g/mol. The molecule has 0 spiro atoms. The lowest BCUT2D eigenvalue weighted by Crippen LogP contribution is -2.35. The largest absolute Gasteiger partial charge is 0.462 e. The SMILES string of the molecule is Bc1cccc(/C=C2/C(=O)NN(c3ccc(C(=O)OCC)cc3)C2=O)c1. The first-order valence-electron chi connectivity index (χ1n) is 8.20. The molecule has 0 aromatic heterocycles. The topological polar surface area (TPSA) is 75.7 Å². The van der Waals surface area contributed by atoms with E-state index in [1.165, 1.54) is 5.01 Å². The number of hydrogen-bond donors (Lipinski definition) is 1. The van der Waals surface area contributed by atoms with E-state index in [-0.39, 0.29) is 12.2 Å². The van der Waals surface area contributed by atoms with Gasteiger partial charge in [-0.3, -0.25) is 15.0 Å². The average molecular weight is 348 g/mol. The lowest BCUT2D eigenvalue weighted by atomic mass is 9.94. The van der Waals surface area contributed by atoms with E-state index in [1.54, 1.807) is 37.3 Å². The van der Waals surface area contributed by atoms with Gasteiger partial charge in [0.2, 0.25) is 0 Å². The summed E-state index contributed by atoms with van der Waals surface area (Å²) in [6, 6.07) is 13.8. The molecule has 1 aliphatic heterocycles. The molecule has 2 aromatic carbocycles. The quantitative estimate of drug-likeness (QED) is 0.380. The van der Waals surface area contributed by atoms with Gasteiger partial charge in [0, 0.05) is 0 Å². The van der Waals surface area contributed by atoms with Gasteiger partial charge in [0.25, 0.3) is 11.8 Å². The molecule has 6 nitrogen and oxygen atoms in total. The minimum absolute atomic E-state index is 0.0602. The third-order valence-electron chi connectivity index (χ3n) is 3.88. The van der Waals surface area contributed by atoms with E-state index >= 15 is 0 Å². The number of nitrogens with zero attached hydrogens (tertiary/aromatic N) is 1. The Balaban J connectivity index is 1.84. The molecule has 0 aliphatic carbocycles. The van der Waals surface area contributed by atoms with Crippen molar-refractivity contribution in [1.82, 2.24) is 5.43 Å². The Labute approximate surface area is 151 Å². The fraction of sp³-hybridized carbons (Fsp3) is 0.105. The highest BCUT2D eigenvalue weighted by Crippen LogP contribution is 2.22. The summed E-state index contributed by atoms with van der Waals surface area (Å²) >= 11 is 0. The number of benzene rings is 2. The van der Waals surface area contributed by atoms with E-state index in [0.29, 0.717) is 11.3 Å². The van der Waals surface area contributed by atoms with Gasteiger partial charge in [-0.15, -0.1) is 0 Å². The normalized spacial score (nSPS) is 15.3. The summed E-state index contributed by atoms with van der Waals surface area (Å²) in [4.78, 5) is 36.5. The number of carbonyl (C=O) groups excluding carboxylic acids is 3. The Bertz CT molecular complexity index is 906. The number of rotatable bonds is 4. The molecule has 130 valence electrons. The highest BCUT2D eigenvalue weighted by atomic mass is 16.5. The van der Waals surface area contributed by atoms with Gasteiger partial charge < -0.3 is 4.74 Å². The molecule has 0 unspecified atom stereocenters. The van der Waals surface area contributed by atoms with E-state index in [1.807, 2.05) is 32.1 Å². The van der Waals surface area contributed by atoms with E-state index in [2.05, 4.69) is 5.43 Å². The molecule has 1 aliphatic rings. The second-order valence-corrected chi connectivity index (χ2v) is 5.82. The number of esters is 1. The zero-order chi connectivity index (χ0) is 18.7. The Hall–Kier alpha value is -3.35. The van der Waals surface area contributed by atoms with Gasteiger partial charge in [-0.1, -0.05) is 29.7 Å². The number of hydrogen-bond acceptors (Lipinski definition) is 4. The van der Waals surface area contributed by atoms with Crippen LogP contribution in [0.3, 0.4) is 0 Å². The summed E-state index contributed by atoms with van der Waals surface area (Å²) in [5.74, 6) is -1.35. The van der Waals surface area contributed by atoms with Crippen molar-refractivity contribution >= 4 is 42.9 Å². The van der Waals surface area contributed by atoms with Gasteiger partial charge >= 0.3 is 5.97 Å². The van der Waals surface area contributed by atoms with Crippen LogP contribution in [0.15, 0.2) is 54.1 Å². The van der Waals surface area contributed by atoms with Crippen LogP contribution in [0.5, 0.6) is 0 Å². The van der Waals surface area contributed by atoms with Gasteiger partial charge in [0.15, 0.2) is 0 Å². The van der Waals surface area contributed by atoms with Crippen LogP contribution in [0.4, 0.5) is 5.69 Å². The molecule has 0 bridgehead atoms. The van der Waals surface area contributed by atoms with Crippen molar-refractivity contribution in [3.63, 3.8) is 0 Å². The van der Waals surface area contributed by atoms with Crippen LogP contribution in [0.2, 0.25) is 0 Å². The van der Waals surface area contributed by atoms with Crippen molar-refractivity contribution in [2.45, 2.75) is 6.92 Å². The molecule has 2 amide bonds. The third-order valence-corrected chi connectivity index (χ3v) is 3.88. The molecular weight excluding hydrogens is 331 g/mol. The van der Waals surface area contributed by atoms with Gasteiger partial charge in [-0.25, -0.2) is 9.80 Å². The maximum atomic E-state index is 12.6. The zero-order valence-electron chi connectivity index (χ0n) is 14.5. The summed E-state index contributed by atoms with van der Waals surface area (Å²) in [7, 11) is 1.94. The fourth-order valence-corrected chi connectivity index (χ4v) is 2.63. The van der Waals surface area contributed by atoms with E-state index in [4.69, 9.17) is 4.74 Å². The minimum Gasteiger partial charge on any atom is -0.462 e. The van der Waals surface area contributed by atoms with Crippen LogP contribution in [0.1, 0.15) is 22.8 Å². The molecule has 7 heteroatoms. The molecule has 26 heavy (non-hydrogen) atoms. The van der Waals surface area contributed by atoms with Gasteiger partial charge in [0.05, 0.1) is 17.9 Å². The van der Waals surface area contributed by atoms with Crippen LogP contribution in [-0.2, 0) is 14.3 Å². The lowest BCUT2D eigenvalue weighted by molar-refractivity contribution is -0.117. The van der Waals surface area contributed by atoms with E-state index in [0.717, 1.165) is 11.0 Å². The summed E-state index contributed by atoms with van der Waals surface area (Å²) < 4.78 is 4.93. The minimum atomic E-state index is -0.467. The second kappa shape index (κ2) is 7.27. The second-order valence-electron chi connectivity index (χ2n) is 5.82. The number of carbonyl (C=O) groups is 3. The molecule has 1 heterocycles. The smallest absolute Gasteiger partial charge is 0.338 e. The number of ether oxygens (including phenoxy) is 1. The highest BCUT2D eigenvalue weighted by Gasteiger charge is 2.34. The van der Waals surface area contributed by atoms with Crippen molar-refractivity contribution in [2.24, 2.45) is 0 Å². The van der Waals surface area contributed by atoms with Gasteiger partial charge in [-0.05, 0) is 42.8 Å². The summed E-state index contributed by atoms with van der Waals surface area (Å²) in [5, 5.41) is 1.17. The van der Waals surface area contributed by atoms with E-state index in [9.17, 15) is 14.4 Å². The summed E-state index contributed by atoms with van der Waals surface area (Å²) in [5.41, 5.74) is 5.26. The van der Waals surface area contributed by atoms with Gasteiger partial charge in [0.1, 0.15) is 13.4 Å².